The number of nitrogens with one attached hydrogen (secondary N) is 2. The highest BCUT2D eigenvalue weighted by Gasteiger charge is 2.27. The third-order valence-electron chi connectivity index (χ3n) is 5.40. The Morgan fingerprint density at radius 3 is 2.47 bits per heavy atom. The molecule has 1 unspecified atom stereocenters. The van der Waals surface area contributed by atoms with Crippen molar-refractivity contribution < 1.29 is 18.1 Å². The number of carbonyl (C=O) groups excluding carboxylic acids is 1. The van der Waals surface area contributed by atoms with E-state index in [1.165, 1.54) is 12.1 Å². The van der Waals surface area contributed by atoms with E-state index in [1.54, 1.807) is 0 Å². The fraction of sp³-hybridized carbons (Fsp3) is 0.650. The summed E-state index contributed by atoms with van der Waals surface area (Å²) >= 11 is 0. The van der Waals surface area contributed by atoms with Gasteiger partial charge in [-0.15, -0.1) is 0 Å². The number of amides is 1. The summed E-state index contributed by atoms with van der Waals surface area (Å²) in [5.74, 6) is -0.0323. The highest BCUT2D eigenvalue weighted by Crippen LogP contribution is 2.31. The van der Waals surface area contributed by atoms with Gasteiger partial charge >= 0.3 is 0 Å². The second-order valence-corrected chi connectivity index (χ2v) is 10.0. The zero-order valence-electron chi connectivity index (χ0n) is 19.2. The number of nitrogens with zero attached hydrogens (tertiary/aromatic N) is 4. The van der Waals surface area contributed by atoms with Gasteiger partial charge in [0.1, 0.15) is 5.69 Å². The Labute approximate surface area is 189 Å². The molecule has 12 heteroatoms. The molecule has 32 heavy (non-hydrogen) atoms. The van der Waals surface area contributed by atoms with Crippen molar-refractivity contribution in [3.63, 3.8) is 0 Å². The summed E-state index contributed by atoms with van der Waals surface area (Å²) in [6, 6.07) is 4.12. The maximum absolute atomic E-state index is 12.5. The lowest BCUT2D eigenvalue weighted by molar-refractivity contribution is -0.384. The maximum atomic E-state index is 12.5. The molecule has 1 amide bonds. The van der Waals surface area contributed by atoms with Gasteiger partial charge in [-0.3, -0.25) is 19.8 Å². The smallest absolute Gasteiger partial charge is 0.293 e. The quantitative estimate of drug-likeness (QED) is 0.353. The Bertz CT molecular complexity index is 900. The van der Waals surface area contributed by atoms with E-state index in [0.29, 0.717) is 38.4 Å². The van der Waals surface area contributed by atoms with Gasteiger partial charge in [0.2, 0.25) is 15.9 Å². The van der Waals surface area contributed by atoms with Crippen molar-refractivity contribution in [3.05, 3.63) is 28.3 Å². The van der Waals surface area contributed by atoms with E-state index >= 15 is 0 Å². The number of nitro benzene ring substituents is 1. The molecule has 180 valence electrons. The molecule has 11 nitrogen and oxygen atoms in total. The van der Waals surface area contributed by atoms with Crippen molar-refractivity contribution >= 4 is 27.3 Å². The average Bonchev–Trinajstić information content (AvgIpc) is 2.73. The van der Waals surface area contributed by atoms with Gasteiger partial charge in [0, 0.05) is 51.4 Å². The SMILES string of the molecule is CCC(C)NC(=O)CN1CCN(c2ccc(S(=O)(=O)NCCN(C)C)cc2[N+](=O)[O-])CC1. The van der Waals surface area contributed by atoms with Crippen LogP contribution in [0.4, 0.5) is 11.4 Å². The average molecular weight is 471 g/mol. The first kappa shape index (κ1) is 26.0. The predicted octanol–water partition coefficient (Wildman–Crippen LogP) is 0.471. The number of rotatable bonds is 11. The molecular weight excluding hydrogens is 436 g/mol. The fourth-order valence-electron chi connectivity index (χ4n) is 3.34. The normalized spacial score (nSPS) is 16.2. The number of hydrogen-bond acceptors (Lipinski definition) is 8. The molecule has 1 aliphatic rings. The first-order valence-corrected chi connectivity index (χ1v) is 12.2. The number of nitro groups is 1. The minimum Gasteiger partial charge on any atom is -0.363 e. The fourth-order valence-corrected chi connectivity index (χ4v) is 4.38. The summed E-state index contributed by atoms with van der Waals surface area (Å²) in [6.45, 7) is 7.14. The first-order chi connectivity index (χ1) is 15.0. The minimum absolute atomic E-state index is 0.0323. The van der Waals surface area contributed by atoms with Crippen LogP contribution in [0.2, 0.25) is 0 Å². The monoisotopic (exact) mass is 470 g/mol. The van der Waals surface area contributed by atoms with E-state index in [0.717, 1.165) is 12.5 Å². The second kappa shape index (κ2) is 11.5. The van der Waals surface area contributed by atoms with Crippen molar-refractivity contribution in [2.75, 3.05) is 64.8 Å². The molecule has 0 aromatic heterocycles. The van der Waals surface area contributed by atoms with Gasteiger partial charge < -0.3 is 15.1 Å². The van der Waals surface area contributed by atoms with E-state index in [2.05, 4.69) is 10.0 Å². The number of hydrogen-bond donors (Lipinski definition) is 2. The van der Waals surface area contributed by atoms with Gasteiger partial charge in [0.25, 0.3) is 5.69 Å². The minimum atomic E-state index is -3.85. The van der Waals surface area contributed by atoms with Crippen molar-refractivity contribution in [2.45, 2.75) is 31.2 Å². The van der Waals surface area contributed by atoms with Crippen molar-refractivity contribution in [1.82, 2.24) is 19.8 Å². The molecule has 0 aliphatic carbocycles. The summed E-state index contributed by atoms with van der Waals surface area (Å²) in [5.41, 5.74) is 0.134. The zero-order valence-corrected chi connectivity index (χ0v) is 20.0. The Balaban J connectivity index is 2.06. The summed E-state index contributed by atoms with van der Waals surface area (Å²) < 4.78 is 27.5. The second-order valence-electron chi connectivity index (χ2n) is 8.25. The molecule has 0 spiro atoms. The Hall–Kier alpha value is -2.28. The standard InChI is InChI=1S/C20H34N6O5S/c1-5-16(2)22-20(27)15-24-10-12-25(13-11-24)18-7-6-17(14-19(18)26(28)29)32(30,31)21-8-9-23(3)4/h6-7,14,16,21H,5,8-13,15H2,1-4H3,(H,22,27). The van der Waals surface area contributed by atoms with Crippen molar-refractivity contribution in [2.24, 2.45) is 0 Å². The van der Waals surface area contributed by atoms with Crippen LogP contribution < -0.4 is 14.9 Å². The van der Waals surface area contributed by atoms with E-state index in [4.69, 9.17) is 0 Å². The van der Waals surface area contributed by atoms with Crippen molar-refractivity contribution in [1.29, 1.82) is 0 Å². The number of sulfonamides is 1. The predicted molar refractivity (Wildman–Crippen MR) is 123 cm³/mol. The Morgan fingerprint density at radius 1 is 1.25 bits per heavy atom. The zero-order chi connectivity index (χ0) is 23.9. The van der Waals surface area contributed by atoms with Crippen LogP contribution in [0.5, 0.6) is 0 Å². The molecular formula is C20H34N6O5S. The number of anilines is 1. The molecule has 1 aromatic carbocycles. The summed E-state index contributed by atoms with van der Waals surface area (Å²) in [5, 5.41) is 14.6. The molecule has 1 aromatic rings. The number of benzene rings is 1. The first-order valence-electron chi connectivity index (χ1n) is 10.7. The van der Waals surface area contributed by atoms with Crippen LogP contribution in [0.3, 0.4) is 0 Å². The molecule has 0 bridgehead atoms. The molecule has 1 fully saturated rings. The third kappa shape index (κ3) is 7.40. The summed E-state index contributed by atoms with van der Waals surface area (Å²) in [6.07, 6.45) is 0.861. The van der Waals surface area contributed by atoms with Crippen LogP contribution in [0.15, 0.2) is 23.1 Å². The largest absolute Gasteiger partial charge is 0.363 e. The van der Waals surface area contributed by atoms with Crippen LogP contribution in [-0.4, -0.2) is 95.0 Å². The van der Waals surface area contributed by atoms with E-state index in [1.807, 2.05) is 42.6 Å². The van der Waals surface area contributed by atoms with Gasteiger partial charge in [-0.1, -0.05) is 6.92 Å². The van der Waals surface area contributed by atoms with Crippen LogP contribution in [0.25, 0.3) is 0 Å². The Kier molecular flexibility index (Phi) is 9.37. The lowest BCUT2D eigenvalue weighted by Crippen LogP contribution is -2.50. The van der Waals surface area contributed by atoms with Gasteiger partial charge in [0.15, 0.2) is 0 Å². The molecule has 2 rings (SSSR count). The lowest BCUT2D eigenvalue weighted by Gasteiger charge is -2.35. The third-order valence-corrected chi connectivity index (χ3v) is 6.86. The summed E-state index contributed by atoms with van der Waals surface area (Å²) in [4.78, 5) is 28.8. The van der Waals surface area contributed by atoms with Crippen LogP contribution in [-0.2, 0) is 14.8 Å². The highest BCUT2D eigenvalue weighted by molar-refractivity contribution is 7.89. The van der Waals surface area contributed by atoms with E-state index in [9.17, 15) is 23.3 Å². The van der Waals surface area contributed by atoms with Gasteiger partial charge in [-0.25, -0.2) is 13.1 Å². The van der Waals surface area contributed by atoms with Crippen molar-refractivity contribution in [3.8, 4) is 0 Å². The summed E-state index contributed by atoms with van der Waals surface area (Å²) in [7, 11) is -0.196. The Morgan fingerprint density at radius 2 is 1.91 bits per heavy atom. The molecule has 2 N–H and O–H groups in total. The number of piperazine rings is 1. The lowest BCUT2D eigenvalue weighted by atomic mass is 10.2. The number of likely N-dealkylation sites (N-methyl/N-ethyl adjacent to an activating group) is 1. The molecule has 1 heterocycles. The highest BCUT2D eigenvalue weighted by atomic mass is 32.2. The topological polar surface area (TPSA) is 128 Å². The van der Waals surface area contributed by atoms with Crippen LogP contribution in [0.1, 0.15) is 20.3 Å². The van der Waals surface area contributed by atoms with Crippen LogP contribution in [0, 0.1) is 10.1 Å². The maximum Gasteiger partial charge on any atom is 0.293 e. The van der Waals surface area contributed by atoms with Gasteiger partial charge in [0.05, 0.1) is 16.4 Å². The van der Waals surface area contributed by atoms with E-state index in [-0.39, 0.29) is 35.6 Å². The molecule has 1 aliphatic heterocycles. The molecule has 1 atom stereocenters. The van der Waals surface area contributed by atoms with Gasteiger partial charge in [-0.2, -0.15) is 0 Å². The molecule has 0 radical (unpaired) electrons. The van der Waals surface area contributed by atoms with E-state index < -0.39 is 14.9 Å². The van der Waals surface area contributed by atoms with Crippen LogP contribution >= 0.6 is 0 Å². The van der Waals surface area contributed by atoms with Gasteiger partial charge in [-0.05, 0) is 39.6 Å². The molecule has 0 saturated carbocycles. The number of carbonyl (C=O) groups is 1. The molecule has 1 saturated heterocycles.